The van der Waals surface area contributed by atoms with Gasteiger partial charge >= 0.3 is 12.1 Å². The summed E-state index contributed by atoms with van der Waals surface area (Å²) in [5.41, 5.74) is 3.40. The van der Waals surface area contributed by atoms with E-state index in [-0.39, 0.29) is 35.6 Å². The molecule has 0 saturated carbocycles. The molecule has 4 heterocycles. The zero-order chi connectivity index (χ0) is 41.7. The minimum absolute atomic E-state index is 0.0372. The van der Waals surface area contributed by atoms with Crippen molar-refractivity contribution in [2.45, 2.75) is 69.9 Å². The number of fused-ring (bicyclic) bond motifs is 1. The summed E-state index contributed by atoms with van der Waals surface area (Å²) in [7, 11) is 0. The van der Waals surface area contributed by atoms with Crippen LogP contribution in [0.4, 0.5) is 4.79 Å². The molecule has 2 fully saturated rings. The fraction of sp³-hybridized carbons (Fsp3) is 0.289. The third kappa shape index (κ3) is 9.83. The number of thioether (sulfide) groups is 1. The van der Waals surface area contributed by atoms with Gasteiger partial charge in [0.1, 0.15) is 28.5 Å². The number of esters is 1. The number of phenolic OH excluding ortho intramolecular Hbond substituents is 1. The first kappa shape index (κ1) is 40.8. The molecule has 0 radical (unpaired) electrons. The van der Waals surface area contributed by atoms with Crippen LogP contribution in [0.5, 0.6) is 5.75 Å². The fourth-order valence-corrected chi connectivity index (χ4v) is 8.40. The van der Waals surface area contributed by atoms with Crippen LogP contribution in [-0.2, 0) is 48.3 Å². The summed E-state index contributed by atoms with van der Waals surface area (Å²) in [6.07, 6.45) is 4.19. The minimum Gasteiger partial charge on any atom is -0.508 e. The Morgan fingerprint density at radius 1 is 0.932 bits per heavy atom. The molecule has 0 spiro atoms. The first-order valence-corrected chi connectivity index (χ1v) is 20.4. The average Bonchev–Trinajstić information content (AvgIpc) is 3.55. The quantitative estimate of drug-likeness (QED) is 0.0771. The number of likely N-dealkylation sites (tertiary alicyclic amines) is 1. The molecule has 0 bridgehead atoms. The number of phenols is 1. The lowest BCUT2D eigenvalue weighted by Crippen LogP contribution is -2.70. The SMILES string of the molecule is CC(C)(C)OC(=O)N[C@@H]1C(=O)N2C(C(=O)OC(c3ccccc3)c3ccccc3)=C(C=C3CCN(Cc4cc[n+](CC(=O)NCc5cccc(O)c5)cc4)C3=O)CS[C@H]12. The van der Waals surface area contributed by atoms with Crippen LogP contribution in [0.15, 0.2) is 132 Å². The maximum atomic E-state index is 14.4. The number of nitrogens with one attached hydrogen (secondary N) is 2. The molecule has 2 atom stereocenters. The van der Waals surface area contributed by atoms with Crippen LogP contribution in [0.2, 0.25) is 0 Å². The summed E-state index contributed by atoms with van der Waals surface area (Å²) in [6.45, 7) is 6.38. The maximum absolute atomic E-state index is 14.4. The van der Waals surface area contributed by atoms with E-state index in [1.54, 1.807) is 66.9 Å². The maximum Gasteiger partial charge on any atom is 0.408 e. The van der Waals surface area contributed by atoms with Crippen molar-refractivity contribution in [3.05, 3.63) is 155 Å². The lowest BCUT2D eigenvalue weighted by Gasteiger charge is -2.49. The average molecular weight is 817 g/mol. The Morgan fingerprint density at radius 2 is 1.61 bits per heavy atom. The predicted octanol–water partition coefficient (Wildman–Crippen LogP) is 5.05. The number of rotatable bonds is 12. The Balaban J connectivity index is 1.08. The molecule has 14 heteroatoms. The smallest absolute Gasteiger partial charge is 0.408 e. The molecule has 4 amide bonds. The summed E-state index contributed by atoms with van der Waals surface area (Å²) in [4.78, 5) is 70.4. The van der Waals surface area contributed by atoms with Gasteiger partial charge in [0, 0.05) is 43.1 Å². The van der Waals surface area contributed by atoms with Crippen molar-refractivity contribution < 1.29 is 43.1 Å². The van der Waals surface area contributed by atoms with Gasteiger partial charge in [-0.1, -0.05) is 72.8 Å². The number of aromatic hydroxyl groups is 1. The van der Waals surface area contributed by atoms with E-state index in [1.807, 2.05) is 78.9 Å². The van der Waals surface area contributed by atoms with E-state index in [9.17, 15) is 29.1 Å². The van der Waals surface area contributed by atoms with Crippen molar-refractivity contribution >= 4 is 41.5 Å². The molecule has 3 aliphatic rings. The highest BCUT2D eigenvalue weighted by Gasteiger charge is 2.55. The van der Waals surface area contributed by atoms with Crippen LogP contribution in [0.25, 0.3) is 0 Å². The number of hydrogen-bond donors (Lipinski definition) is 3. The molecule has 304 valence electrons. The van der Waals surface area contributed by atoms with Gasteiger partial charge in [0.2, 0.25) is 12.5 Å². The van der Waals surface area contributed by atoms with Gasteiger partial charge in [0.05, 0.1) is 0 Å². The summed E-state index contributed by atoms with van der Waals surface area (Å²) < 4.78 is 13.4. The van der Waals surface area contributed by atoms with E-state index < -0.39 is 41.1 Å². The zero-order valence-corrected chi connectivity index (χ0v) is 33.8. The third-order valence-electron chi connectivity index (χ3n) is 9.91. The molecule has 7 rings (SSSR count). The summed E-state index contributed by atoms with van der Waals surface area (Å²) in [6, 6.07) is 28.2. The molecular formula is C45H46N5O8S+. The molecular weight excluding hydrogens is 771 g/mol. The number of β-lactam (4-membered cyclic amide) rings is 1. The number of hydrogen-bond acceptors (Lipinski definition) is 9. The molecule has 1 aromatic heterocycles. The van der Waals surface area contributed by atoms with Gasteiger partial charge in [-0.3, -0.25) is 19.3 Å². The number of ether oxygens (including phenoxy) is 2. The van der Waals surface area contributed by atoms with Gasteiger partial charge in [-0.05, 0) is 73.2 Å². The summed E-state index contributed by atoms with van der Waals surface area (Å²) in [5, 5.41) is 14.6. The topological polar surface area (TPSA) is 158 Å². The van der Waals surface area contributed by atoms with Crippen molar-refractivity contribution in [3.63, 3.8) is 0 Å². The number of carbonyl (C=O) groups is 5. The second-order valence-corrected chi connectivity index (χ2v) is 16.6. The number of nitrogens with zero attached hydrogens (tertiary/aromatic N) is 3. The van der Waals surface area contributed by atoms with Crippen LogP contribution >= 0.6 is 11.8 Å². The summed E-state index contributed by atoms with van der Waals surface area (Å²) in [5.74, 6) is -1.17. The number of allylic oxidation sites excluding steroid dienone is 1. The van der Waals surface area contributed by atoms with Crippen molar-refractivity contribution in [2.75, 3.05) is 12.3 Å². The molecule has 3 N–H and O–H groups in total. The van der Waals surface area contributed by atoms with Crippen molar-refractivity contribution in [1.29, 1.82) is 0 Å². The second-order valence-electron chi connectivity index (χ2n) is 15.5. The third-order valence-corrected chi connectivity index (χ3v) is 11.2. The van der Waals surface area contributed by atoms with Crippen LogP contribution < -0.4 is 15.2 Å². The molecule has 0 aliphatic carbocycles. The van der Waals surface area contributed by atoms with Crippen LogP contribution in [0.1, 0.15) is 55.5 Å². The number of pyridine rings is 1. The van der Waals surface area contributed by atoms with Crippen molar-refractivity contribution in [2.24, 2.45) is 0 Å². The van der Waals surface area contributed by atoms with Gasteiger partial charge in [-0.2, -0.15) is 4.57 Å². The molecule has 13 nitrogen and oxygen atoms in total. The number of carbonyl (C=O) groups excluding carboxylic acids is 5. The molecule has 59 heavy (non-hydrogen) atoms. The van der Waals surface area contributed by atoms with Gasteiger partial charge in [0.25, 0.3) is 11.8 Å². The monoisotopic (exact) mass is 816 g/mol. The van der Waals surface area contributed by atoms with Crippen LogP contribution in [0, 0.1) is 0 Å². The Hall–Kier alpha value is -6.41. The largest absolute Gasteiger partial charge is 0.508 e. The van der Waals surface area contributed by atoms with Crippen LogP contribution in [0.3, 0.4) is 0 Å². The normalized spacial score (nSPS) is 18.4. The van der Waals surface area contributed by atoms with Gasteiger partial charge in [-0.15, -0.1) is 11.8 Å². The Labute approximate surface area is 346 Å². The van der Waals surface area contributed by atoms with E-state index >= 15 is 0 Å². The number of amides is 4. The highest BCUT2D eigenvalue weighted by Crippen LogP contribution is 2.43. The van der Waals surface area contributed by atoms with E-state index in [4.69, 9.17) is 9.47 Å². The first-order chi connectivity index (χ1) is 28.3. The van der Waals surface area contributed by atoms with Crippen LogP contribution in [-0.4, -0.2) is 74.0 Å². The minimum atomic E-state index is -0.918. The predicted molar refractivity (Wildman–Crippen MR) is 219 cm³/mol. The van der Waals surface area contributed by atoms with E-state index in [1.165, 1.54) is 16.7 Å². The Kier molecular flexibility index (Phi) is 12.2. The highest BCUT2D eigenvalue weighted by molar-refractivity contribution is 8.00. The second kappa shape index (κ2) is 17.6. The van der Waals surface area contributed by atoms with E-state index in [2.05, 4.69) is 10.6 Å². The van der Waals surface area contributed by atoms with Gasteiger partial charge in [0.15, 0.2) is 18.5 Å². The standard InChI is InChI=1S/C45H45N5O8S/c1-45(2,3)58-44(56)47-37-41(54)50-38(43(55)57-39(31-12-6-4-7-13-31)32-14-8-5-9-15-32)34(28-59-42(37)50)24-33-19-22-49(40(33)53)26-29-17-20-48(21-18-29)27-36(52)46-25-30-11-10-16-35(51)23-30/h4-18,20-21,23-24,37,39,42H,19,22,25-28H2,1-3H3,(H2-,46,47,51,52,56)/p+1/t37-,42-/m1/s1. The van der Waals surface area contributed by atoms with Crippen molar-refractivity contribution in [1.82, 2.24) is 20.4 Å². The molecule has 4 aromatic rings. The first-order valence-electron chi connectivity index (χ1n) is 19.3. The molecule has 2 saturated heterocycles. The fourth-order valence-electron chi connectivity index (χ4n) is 7.09. The number of aromatic nitrogens is 1. The van der Waals surface area contributed by atoms with Gasteiger partial charge in [-0.25, -0.2) is 9.59 Å². The zero-order valence-electron chi connectivity index (χ0n) is 33.0. The molecule has 3 aliphatic heterocycles. The summed E-state index contributed by atoms with van der Waals surface area (Å²) >= 11 is 1.38. The molecule has 0 unspecified atom stereocenters. The van der Waals surface area contributed by atoms with E-state index in [0.29, 0.717) is 37.2 Å². The lowest BCUT2D eigenvalue weighted by atomic mass is 10.00. The molecule has 3 aromatic carbocycles. The number of alkyl carbamates (subject to hydrolysis) is 1. The van der Waals surface area contributed by atoms with E-state index in [0.717, 1.165) is 22.3 Å². The lowest BCUT2D eigenvalue weighted by molar-refractivity contribution is -0.684. The number of benzene rings is 3. The van der Waals surface area contributed by atoms with Crippen molar-refractivity contribution in [3.8, 4) is 5.75 Å². The highest BCUT2D eigenvalue weighted by atomic mass is 32.2. The Bertz CT molecular complexity index is 2250. The van der Waals surface area contributed by atoms with Gasteiger partial charge < -0.3 is 30.1 Å². The Morgan fingerprint density at radius 3 is 2.25 bits per heavy atom.